The molecule has 23 heavy (non-hydrogen) atoms. The van der Waals surface area contributed by atoms with Gasteiger partial charge in [0.05, 0.1) is 0 Å². The van der Waals surface area contributed by atoms with Gasteiger partial charge in [0, 0.05) is 0 Å². The minimum absolute atomic E-state index is 1.19. The Labute approximate surface area is 147 Å². The summed E-state index contributed by atoms with van der Waals surface area (Å²) in [4.78, 5) is 5.24. The molecule has 0 aliphatic rings. The van der Waals surface area contributed by atoms with Gasteiger partial charge >= 0.3 is 0 Å². The van der Waals surface area contributed by atoms with E-state index in [1.807, 2.05) is 0 Å². The molecule has 3 nitrogen and oxygen atoms in total. The molecule has 0 aromatic heterocycles. The van der Waals surface area contributed by atoms with E-state index in [4.69, 9.17) is 0 Å². The Kier molecular flexibility index (Phi) is 18.1. The lowest BCUT2D eigenvalue weighted by atomic mass is 10.2. The maximum atomic E-state index is 3.62. The van der Waals surface area contributed by atoms with E-state index in [0.29, 0.717) is 0 Å². The van der Waals surface area contributed by atoms with Crippen molar-refractivity contribution in [3.05, 3.63) is 0 Å². The van der Waals surface area contributed by atoms with Crippen molar-refractivity contribution in [2.75, 3.05) is 52.4 Å². The van der Waals surface area contributed by atoms with E-state index in [0.717, 1.165) is 0 Å². The summed E-state index contributed by atoms with van der Waals surface area (Å²) in [6.45, 7) is 19.2. The minimum Gasteiger partial charge on any atom is -0.317 e. The Morgan fingerprint density at radius 2 is 0.826 bits per heavy atom. The summed E-state index contributed by atoms with van der Waals surface area (Å²) in [5, 5.41) is 3.62. The van der Waals surface area contributed by atoms with Crippen LogP contribution >= 0.6 is 0 Å². The third-order valence-electron chi connectivity index (χ3n) is 4.32. The highest BCUT2D eigenvalue weighted by Crippen LogP contribution is 2.00. The van der Waals surface area contributed by atoms with Crippen molar-refractivity contribution < 1.29 is 0 Å². The highest BCUT2D eigenvalue weighted by atomic mass is 15.1. The Hall–Kier alpha value is -0.120. The van der Waals surface area contributed by atoms with Crippen LogP contribution in [0.2, 0.25) is 0 Å². The highest BCUT2D eigenvalue weighted by Gasteiger charge is 2.02. The summed E-state index contributed by atoms with van der Waals surface area (Å²) in [6, 6.07) is 0. The van der Waals surface area contributed by atoms with Crippen molar-refractivity contribution in [3.63, 3.8) is 0 Å². The largest absolute Gasteiger partial charge is 0.317 e. The van der Waals surface area contributed by atoms with Crippen molar-refractivity contribution in [1.82, 2.24) is 15.1 Å². The predicted molar refractivity (Wildman–Crippen MR) is 105 cm³/mol. The third kappa shape index (κ3) is 15.2. The first-order valence-corrected chi connectivity index (χ1v) is 10.4. The lowest BCUT2D eigenvalue weighted by molar-refractivity contribution is 0.266. The summed E-state index contributed by atoms with van der Waals surface area (Å²) in [7, 11) is 0. The molecule has 140 valence electrons. The van der Waals surface area contributed by atoms with Crippen molar-refractivity contribution in [1.29, 1.82) is 0 Å². The van der Waals surface area contributed by atoms with Crippen LogP contribution < -0.4 is 5.32 Å². The average Bonchev–Trinajstić information content (AvgIpc) is 2.54. The monoisotopic (exact) mass is 327 g/mol. The Balaban J connectivity index is 3.41. The van der Waals surface area contributed by atoms with Crippen molar-refractivity contribution in [2.45, 2.75) is 79.1 Å². The first-order valence-electron chi connectivity index (χ1n) is 10.4. The van der Waals surface area contributed by atoms with Gasteiger partial charge < -0.3 is 15.1 Å². The Morgan fingerprint density at radius 1 is 0.478 bits per heavy atom. The van der Waals surface area contributed by atoms with E-state index >= 15 is 0 Å². The van der Waals surface area contributed by atoms with Gasteiger partial charge in [-0.1, -0.05) is 27.7 Å². The molecule has 0 unspecified atom stereocenters. The van der Waals surface area contributed by atoms with Crippen LogP contribution in [0.5, 0.6) is 0 Å². The van der Waals surface area contributed by atoms with Gasteiger partial charge in [0.25, 0.3) is 0 Å². The predicted octanol–water partition coefficient (Wildman–Crippen LogP) is 4.38. The number of hydrogen-bond acceptors (Lipinski definition) is 3. The molecule has 0 fully saturated rings. The van der Waals surface area contributed by atoms with Crippen LogP contribution in [-0.4, -0.2) is 62.2 Å². The molecule has 0 aliphatic carbocycles. The second-order valence-corrected chi connectivity index (χ2v) is 6.85. The first kappa shape index (κ1) is 22.9. The number of nitrogens with zero attached hydrogens (tertiary/aromatic N) is 2. The minimum atomic E-state index is 1.19. The maximum Gasteiger partial charge on any atom is -0.00183 e. The topological polar surface area (TPSA) is 18.5 Å². The normalized spacial score (nSPS) is 11.7. The second-order valence-electron chi connectivity index (χ2n) is 6.85. The molecule has 0 aromatic carbocycles. The van der Waals surface area contributed by atoms with E-state index in [1.165, 1.54) is 104 Å². The van der Waals surface area contributed by atoms with E-state index in [1.54, 1.807) is 0 Å². The molecule has 1 N–H and O–H groups in total. The molecule has 0 saturated carbocycles. The van der Waals surface area contributed by atoms with Crippen LogP contribution in [-0.2, 0) is 0 Å². The Morgan fingerprint density at radius 3 is 1.13 bits per heavy atom. The number of nitrogens with one attached hydrogen (secondary N) is 1. The molecule has 0 rings (SSSR count). The van der Waals surface area contributed by atoms with Crippen LogP contribution in [0.25, 0.3) is 0 Å². The van der Waals surface area contributed by atoms with Gasteiger partial charge in [-0.05, 0) is 104 Å². The fraction of sp³-hybridized carbons (Fsp3) is 1.00. The first-order chi connectivity index (χ1) is 11.3. The quantitative estimate of drug-likeness (QED) is 0.377. The van der Waals surface area contributed by atoms with Crippen LogP contribution in [0.15, 0.2) is 0 Å². The molecule has 0 heterocycles. The van der Waals surface area contributed by atoms with E-state index in [9.17, 15) is 0 Å². The summed E-state index contributed by atoms with van der Waals surface area (Å²) in [6.07, 6.45) is 10.5. The fourth-order valence-corrected chi connectivity index (χ4v) is 3.23. The van der Waals surface area contributed by atoms with Gasteiger partial charge in [0.15, 0.2) is 0 Å². The smallest absolute Gasteiger partial charge is 0.00183 e. The van der Waals surface area contributed by atoms with Gasteiger partial charge in [0.2, 0.25) is 0 Å². The van der Waals surface area contributed by atoms with E-state index < -0.39 is 0 Å². The zero-order valence-electron chi connectivity index (χ0n) is 16.7. The SMILES string of the molecule is CCCN(CCC)CCCCNCCCCN(CCC)CCC. The van der Waals surface area contributed by atoms with Crippen molar-refractivity contribution >= 4 is 0 Å². The van der Waals surface area contributed by atoms with Crippen molar-refractivity contribution in [2.24, 2.45) is 0 Å². The molecule has 0 aliphatic heterocycles. The molecule has 0 atom stereocenters. The van der Waals surface area contributed by atoms with Gasteiger partial charge in [-0.25, -0.2) is 0 Å². The summed E-state index contributed by atoms with van der Waals surface area (Å²) in [5.74, 6) is 0. The second kappa shape index (κ2) is 18.2. The Bertz CT molecular complexity index is 187. The summed E-state index contributed by atoms with van der Waals surface area (Å²) in [5.41, 5.74) is 0. The third-order valence-corrected chi connectivity index (χ3v) is 4.32. The van der Waals surface area contributed by atoms with Crippen LogP contribution in [0.1, 0.15) is 79.1 Å². The molecule has 0 radical (unpaired) electrons. The number of hydrogen-bond donors (Lipinski definition) is 1. The molecule has 0 amide bonds. The summed E-state index contributed by atoms with van der Waals surface area (Å²) < 4.78 is 0. The highest BCUT2D eigenvalue weighted by molar-refractivity contribution is 4.59. The molecule has 0 bridgehead atoms. The number of unbranched alkanes of at least 4 members (excludes halogenated alkanes) is 2. The lowest BCUT2D eigenvalue weighted by Gasteiger charge is -2.21. The molecule has 3 heteroatoms. The average molecular weight is 328 g/mol. The van der Waals surface area contributed by atoms with E-state index in [2.05, 4.69) is 42.8 Å². The molecule has 0 spiro atoms. The fourth-order valence-electron chi connectivity index (χ4n) is 3.23. The summed E-state index contributed by atoms with van der Waals surface area (Å²) >= 11 is 0. The maximum absolute atomic E-state index is 3.62. The van der Waals surface area contributed by atoms with Crippen LogP contribution in [0, 0.1) is 0 Å². The van der Waals surface area contributed by atoms with Gasteiger partial charge in [0.1, 0.15) is 0 Å². The zero-order chi connectivity index (χ0) is 17.2. The van der Waals surface area contributed by atoms with Crippen LogP contribution in [0.3, 0.4) is 0 Å². The zero-order valence-corrected chi connectivity index (χ0v) is 16.7. The molecule has 0 saturated heterocycles. The molecular formula is C20H45N3. The van der Waals surface area contributed by atoms with Gasteiger partial charge in [-0.15, -0.1) is 0 Å². The molecule has 0 aromatic rings. The van der Waals surface area contributed by atoms with Crippen LogP contribution in [0.4, 0.5) is 0 Å². The standard InChI is InChI=1S/C20H45N3/c1-5-15-22(16-6-2)19-11-9-13-21-14-10-12-20-23(17-7-3)18-8-4/h21H,5-20H2,1-4H3. The van der Waals surface area contributed by atoms with Gasteiger partial charge in [-0.3, -0.25) is 0 Å². The van der Waals surface area contributed by atoms with Gasteiger partial charge in [-0.2, -0.15) is 0 Å². The molecular weight excluding hydrogens is 282 g/mol. The number of rotatable bonds is 18. The van der Waals surface area contributed by atoms with E-state index in [-0.39, 0.29) is 0 Å². The lowest BCUT2D eigenvalue weighted by Crippen LogP contribution is -2.28. The van der Waals surface area contributed by atoms with Crippen molar-refractivity contribution in [3.8, 4) is 0 Å².